The van der Waals surface area contributed by atoms with E-state index in [9.17, 15) is 18.0 Å². The minimum Gasteiger partial charge on any atom is -0.488 e. The Morgan fingerprint density at radius 1 is 0.964 bits per heavy atom. The van der Waals surface area contributed by atoms with Crippen molar-refractivity contribution in [3.8, 4) is 5.75 Å². The molecule has 1 spiro atoms. The summed E-state index contributed by atoms with van der Waals surface area (Å²) < 4.78 is 49.7. The number of furan rings is 1. The Hall–Kier alpha value is -3.22. The molecule has 142 valence electrons. The number of anilines is 1. The van der Waals surface area contributed by atoms with Crippen LogP contribution in [0.2, 0.25) is 0 Å². The topological polar surface area (TPSA) is 51.5 Å². The van der Waals surface area contributed by atoms with E-state index < -0.39 is 23.5 Å². The van der Waals surface area contributed by atoms with Gasteiger partial charge >= 0.3 is 6.18 Å². The standard InChI is InChI=1S/C21H14F3NO3/c22-21(23,24)17-10-9-12(27-17)11-18-20(14-6-2-4-8-16(14)28-18)13-5-1-3-7-15(13)25-19(20)26/h1-10,18H,11H2,(H,25,26). The van der Waals surface area contributed by atoms with Gasteiger partial charge in [-0.25, -0.2) is 0 Å². The van der Waals surface area contributed by atoms with Gasteiger partial charge in [0.15, 0.2) is 0 Å². The van der Waals surface area contributed by atoms with Crippen molar-refractivity contribution < 1.29 is 27.1 Å². The predicted molar refractivity (Wildman–Crippen MR) is 94.1 cm³/mol. The van der Waals surface area contributed by atoms with Crippen LogP contribution in [0.1, 0.15) is 22.6 Å². The van der Waals surface area contributed by atoms with Crippen LogP contribution in [0.5, 0.6) is 5.75 Å². The Morgan fingerprint density at radius 3 is 2.43 bits per heavy atom. The van der Waals surface area contributed by atoms with Gasteiger partial charge in [0.1, 0.15) is 23.0 Å². The van der Waals surface area contributed by atoms with Gasteiger partial charge in [0.25, 0.3) is 0 Å². The van der Waals surface area contributed by atoms with Gasteiger partial charge in [0, 0.05) is 17.7 Å². The quantitative estimate of drug-likeness (QED) is 0.705. The van der Waals surface area contributed by atoms with Crippen molar-refractivity contribution in [3.63, 3.8) is 0 Å². The summed E-state index contributed by atoms with van der Waals surface area (Å²) in [6.45, 7) is 0. The first-order chi connectivity index (χ1) is 13.4. The molecule has 2 unspecified atom stereocenters. The van der Waals surface area contributed by atoms with Crippen LogP contribution in [0.3, 0.4) is 0 Å². The van der Waals surface area contributed by atoms with Gasteiger partial charge in [-0.15, -0.1) is 0 Å². The third-order valence-corrected chi connectivity index (χ3v) is 5.35. The maximum atomic E-state index is 13.2. The monoisotopic (exact) mass is 385 g/mol. The van der Waals surface area contributed by atoms with Crippen molar-refractivity contribution in [1.82, 2.24) is 0 Å². The largest absolute Gasteiger partial charge is 0.488 e. The number of carbonyl (C=O) groups excluding carboxylic acids is 1. The Kier molecular flexibility index (Phi) is 3.41. The second-order valence-corrected chi connectivity index (χ2v) is 6.88. The Bertz CT molecular complexity index is 1080. The van der Waals surface area contributed by atoms with E-state index in [2.05, 4.69) is 5.32 Å². The molecule has 2 aromatic carbocycles. The molecule has 0 saturated carbocycles. The van der Waals surface area contributed by atoms with E-state index in [1.165, 1.54) is 6.07 Å². The number of benzene rings is 2. The second kappa shape index (κ2) is 5.64. The first-order valence-corrected chi connectivity index (χ1v) is 8.74. The van der Waals surface area contributed by atoms with Crippen molar-refractivity contribution in [2.24, 2.45) is 0 Å². The molecule has 2 aliphatic heterocycles. The van der Waals surface area contributed by atoms with E-state index in [0.29, 0.717) is 17.0 Å². The average Bonchev–Trinajstić information content (AvgIpc) is 3.32. The van der Waals surface area contributed by atoms with E-state index >= 15 is 0 Å². The molecule has 28 heavy (non-hydrogen) atoms. The van der Waals surface area contributed by atoms with Gasteiger partial charge in [-0.1, -0.05) is 36.4 Å². The zero-order valence-electron chi connectivity index (χ0n) is 14.4. The maximum Gasteiger partial charge on any atom is 0.449 e. The summed E-state index contributed by atoms with van der Waals surface area (Å²) in [4.78, 5) is 13.2. The average molecular weight is 385 g/mol. The lowest BCUT2D eigenvalue weighted by Gasteiger charge is -2.28. The fourth-order valence-corrected chi connectivity index (χ4v) is 4.19. The Labute approximate surface area is 157 Å². The third kappa shape index (κ3) is 2.22. The fourth-order valence-electron chi connectivity index (χ4n) is 4.19. The molecule has 0 fully saturated rings. The zero-order valence-corrected chi connectivity index (χ0v) is 14.4. The van der Waals surface area contributed by atoms with Crippen molar-refractivity contribution in [1.29, 1.82) is 0 Å². The van der Waals surface area contributed by atoms with Crippen LogP contribution in [0.4, 0.5) is 18.9 Å². The molecule has 1 aromatic heterocycles. The van der Waals surface area contributed by atoms with Gasteiger partial charge in [0.05, 0.1) is 0 Å². The predicted octanol–water partition coefficient (Wildman–Crippen LogP) is 4.54. The molecule has 1 N–H and O–H groups in total. The molecule has 3 aromatic rings. The van der Waals surface area contributed by atoms with E-state index in [4.69, 9.17) is 9.15 Å². The summed E-state index contributed by atoms with van der Waals surface area (Å²) in [5.41, 5.74) is 0.981. The molecular weight excluding hydrogens is 371 g/mol. The van der Waals surface area contributed by atoms with Crippen molar-refractivity contribution in [3.05, 3.63) is 83.3 Å². The van der Waals surface area contributed by atoms with Gasteiger partial charge in [-0.2, -0.15) is 13.2 Å². The SMILES string of the molecule is O=C1Nc2ccccc2C12c1ccccc1OC2Cc1ccc(C(F)(F)F)o1. The summed E-state index contributed by atoms with van der Waals surface area (Å²) in [6, 6.07) is 16.6. The summed E-state index contributed by atoms with van der Waals surface area (Å²) in [5, 5.41) is 2.89. The minimum atomic E-state index is -4.56. The van der Waals surface area contributed by atoms with Gasteiger partial charge in [-0.3, -0.25) is 4.79 Å². The van der Waals surface area contributed by atoms with Gasteiger partial charge in [0.2, 0.25) is 11.7 Å². The fraction of sp³-hybridized carbons (Fsp3) is 0.190. The number of ether oxygens (including phenoxy) is 1. The number of carbonyl (C=O) groups is 1. The number of amides is 1. The lowest BCUT2D eigenvalue weighted by atomic mass is 9.71. The normalized spacial score (nSPS) is 22.7. The molecule has 2 aliphatic rings. The Balaban J connectivity index is 1.63. The second-order valence-electron chi connectivity index (χ2n) is 6.88. The third-order valence-electron chi connectivity index (χ3n) is 5.35. The van der Waals surface area contributed by atoms with Crippen LogP contribution in [0.25, 0.3) is 0 Å². The lowest BCUT2D eigenvalue weighted by molar-refractivity contribution is -0.153. The first kappa shape index (κ1) is 16.9. The molecule has 4 nitrogen and oxygen atoms in total. The van der Waals surface area contributed by atoms with Gasteiger partial charge < -0.3 is 14.5 Å². The summed E-state index contributed by atoms with van der Waals surface area (Å²) in [7, 11) is 0. The minimum absolute atomic E-state index is 0.0204. The first-order valence-electron chi connectivity index (χ1n) is 8.74. The molecule has 5 rings (SSSR count). The van der Waals surface area contributed by atoms with Crippen molar-refractivity contribution >= 4 is 11.6 Å². The van der Waals surface area contributed by atoms with Crippen LogP contribution in [0.15, 0.2) is 65.1 Å². The molecule has 0 radical (unpaired) electrons. The maximum absolute atomic E-state index is 13.2. The number of fused-ring (bicyclic) bond motifs is 4. The highest BCUT2D eigenvalue weighted by atomic mass is 19.4. The number of rotatable bonds is 2. The van der Waals surface area contributed by atoms with E-state index in [-0.39, 0.29) is 18.1 Å². The number of hydrogen-bond donors (Lipinski definition) is 1. The molecule has 0 aliphatic carbocycles. The smallest absolute Gasteiger partial charge is 0.449 e. The highest BCUT2D eigenvalue weighted by Crippen LogP contribution is 2.53. The van der Waals surface area contributed by atoms with Crippen LogP contribution >= 0.6 is 0 Å². The number of hydrogen-bond acceptors (Lipinski definition) is 3. The zero-order chi connectivity index (χ0) is 19.5. The molecule has 2 atom stereocenters. The molecule has 0 bridgehead atoms. The molecule has 7 heteroatoms. The van der Waals surface area contributed by atoms with E-state index in [0.717, 1.165) is 11.6 Å². The highest BCUT2D eigenvalue weighted by molar-refractivity contribution is 6.10. The van der Waals surface area contributed by atoms with Crippen molar-refractivity contribution in [2.75, 3.05) is 5.32 Å². The number of halogens is 3. The lowest BCUT2D eigenvalue weighted by Crippen LogP contribution is -2.46. The number of alkyl halides is 3. The Morgan fingerprint density at radius 2 is 1.68 bits per heavy atom. The molecule has 0 saturated heterocycles. The summed E-state index contributed by atoms with van der Waals surface area (Å²) in [5.74, 6) is -0.668. The number of para-hydroxylation sites is 2. The number of nitrogens with one attached hydrogen (secondary N) is 1. The van der Waals surface area contributed by atoms with Gasteiger partial charge in [-0.05, 0) is 29.8 Å². The summed E-state index contributed by atoms with van der Waals surface area (Å²) >= 11 is 0. The van der Waals surface area contributed by atoms with E-state index in [1.807, 2.05) is 30.3 Å². The summed E-state index contributed by atoms with van der Waals surface area (Å²) in [6.07, 6.45) is -5.28. The molecular formula is C21H14F3NO3. The van der Waals surface area contributed by atoms with Crippen LogP contribution in [-0.4, -0.2) is 12.0 Å². The van der Waals surface area contributed by atoms with E-state index in [1.54, 1.807) is 18.2 Å². The molecule has 3 heterocycles. The molecule has 1 amide bonds. The van der Waals surface area contributed by atoms with Crippen molar-refractivity contribution in [2.45, 2.75) is 24.1 Å². The van der Waals surface area contributed by atoms with Crippen LogP contribution in [-0.2, 0) is 22.8 Å². The highest BCUT2D eigenvalue weighted by Gasteiger charge is 2.59. The van der Waals surface area contributed by atoms with Crippen LogP contribution < -0.4 is 10.1 Å². The van der Waals surface area contributed by atoms with Crippen LogP contribution in [0, 0.1) is 0 Å².